The summed E-state index contributed by atoms with van der Waals surface area (Å²) in [6.07, 6.45) is 0. The summed E-state index contributed by atoms with van der Waals surface area (Å²) in [7, 11) is 0. The first kappa shape index (κ1) is 21.8. The minimum atomic E-state index is -1.10. The predicted molar refractivity (Wildman–Crippen MR) is 113 cm³/mol. The molecule has 0 N–H and O–H groups in total. The Balaban J connectivity index is 2.28. The van der Waals surface area contributed by atoms with E-state index in [1.165, 1.54) is 0 Å². The molecule has 0 saturated heterocycles. The maximum absolute atomic E-state index is 15.2. The van der Waals surface area contributed by atoms with Gasteiger partial charge in [0.05, 0.1) is 24.7 Å². The number of hydrogen-bond acceptors (Lipinski definition) is 5. The van der Waals surface area contributed by atoms with E-state index in [0.717, 1.165) is 4.47 Å². The molecule has 0 radical (unpaired) electrons. The van der Waals surface area contributed by atoms with Gasteiger partial charge in [0.15, 0.2) is 0 Å². The molecule has 1 heterocycles. The second kappa shape index (κ2) is 9.71. The van der Waals surface area contributed by atoms with Crippen LogP contribution in [-0.2, 0) is 23.8 Å². The number of carbonyl (C=O) groups excluding carboxylic acids is 2. The van der Waals surface area contributed by atoms with Gasteiger partial charge >= 0.3 is 11.9 Å². The lowest BCUT2D eigenvalue weighted by atomic mass is 9.82. The fourth-order valence-electron chi connectivity index (χ4n) is 3.21. The Labute approximate surface area is 182 Å². The molecule has 1 unspecified atom stereocenters. The fourth-order valence-corrected chi connectivity index (χ4v) is 3.47. The number of esters is 2. The molecule has 0 spiro atoms. The lowest BCUT2D eigenvalue weighted by Crippen LogP contribution is -2.27. The SMILES string of the molecule is CCOC(=O)C1=C(F)OC(c2ccccc2)=C(C(=O)OCC)C1c1ccc(Br)cc1. The predicted octanol–water partition coefficient (Wildman–Crippen LogP) is 5.28. The van der Waals surface area contributed by atoms with Crippen molar-refractivity contribution in [1.29, 1.82) is 0 Å². The third-order valence-corrected chi connectivity index (χ3v) is 4.98. The van der Waals surface area contributed by atoms with Crippen molar-refractivity contribution < 1.29 is 28.2 Å². The first-order valence-corrected chi connectivity index (χ1v) is 10.2. The molecule has 1 atom stereocenters. The van der Waals surface area contributed by atoms with E-state index >= 15 is 4.39 Å². The van der Waals surface area contributed by atoms with Crippen LogP contribution in [-0.4, -0.2) is 25.2 Å². The van der Waals surface area contributed by atoms with Gasteiger partial charge in [-0.05, 0) is 31.5 Å². The monoisotopic (exact) mass is 474 g/mol. The molecule has 0 amide bonds. The third kappa shape index (κ3) is 4.46. The van der Waals surface area contributed by atoms with Crippen LogP contribution in [0.5, 0.6) is 0 Å². The van der Waals surface area contributed by atoms with Gasteiger partial charge in [-0.2, -0.15) is 4.39 Å². The molecule has 30 heavy (non-hydrogen) atoms. The van der Waals surface area contributed by atoms with Crippen molar-refractivity contribution in [3.63, 3.8) is 0 Å². The van der Waals surface area contributed by atoms with Crippen molar-refractivity contribution >= 4 is 33.6 Å². The average molecular weight is 475 g/mol. The number of hydrogen-bond donors (Lipinski definition) is 0. The Hall–Kier alpha value is -2.93. The Morgan fingerprint density at radius 1 is 0.933 bits per heavy atom. The maximum atomic E-state index is 15.2. The molecule has 1 aliphatic heterocycles. The van der Waals surface area contributed by atoms with Gasteiger partial charge in [-0.15, -0.1) is 0 Å². The van der Waals surface area contributed by atoms with Crippen molar-refractivity contribution in [3.8, 4) is 0 Å². The van der Waals surface area contributed by atoms with Crippen LogP contribution in [0, 0.1) is 0 Å². The average Bonchev–Trinajstić information content (AvgIpc) is 2.74. The quantitative estimate of drug-likeness (QED) is 0.532. The van der Waals surface area contributed by atoms with E-state index in [0.29, 0.717) is 11.1 Å². The number of rotatable bonds is 6. The summed E-state index contributed by atoms with van der Waals surface area (Å²) < 4.78 is 31.6. The summed E-state index contributed by atoms with van der Waals surface area (Å²) in [6, 6.07) is 14.5. The number of carbonyl (C=O) groups is 2. The lowest BCUT2D eigenvalue weighted by Gasteiger charge is -2.28. The highest BCUT2D eigenvalue weighted by atomic mass is 79.9. The summed E-state index contributed by atoms with van der Waals surface area (Å²) >= 11 is 3.36. The summed E-state index contributed by atoms with van der Waals surface area (Å²) in [4.78, 5) is 25.6. The molecule has 0 aromatic heterocycles. The smallest absolute Gasteiger partial charge is 0.341 e. The minimum Gasteiger partial charge on any atom is -0.463 e. The van der Waals surface area contributed by atoms with E-state index in [9.17, 15) is 9.59 Å². The topological polar surface area (TPSA) is 61.8 Å². The van der Waals surface area contributed by atoms with Crippen LogP contribution in [0.4, 0.5) is 4.39 Å². The zero-order valence-corrected chi connectivity index (χ0v) is 18.1. The van der Waals surface area contributed by atoms with Gasteiger partial charge in [-0.1, -0.05) is 58.4 Å². The van der Waals surface area contributed by atoms with Gasteiger partial charge in [0, 0.05) is 10.0 Å². The molecule has 0 aliphatic carbocycles. The van der Waals surface area contributed by atoms with E-state index in [-0.39, 0.29) is 30.1 Å². The molecule has 0 fully saturated rings. The van der Waals surface area contributed by atoms with Crippen molar-refractivity contribution in [1.82, 2.24) is 0 Å². The van der Waals surface area contributed by atoms with Crippen LogP contribution in [0.1, 0.15) is 30.9 Å². The van der Waals surface area contributed by atoms with Gasteiger partial charge in [-0.25, -0.2) is 9.59 Å². The van der Waals surface area contributed by atoms with Crippen LogP contribution in [0.3, 0.4) is 0 Å². The zero-order chi connectivity index (χ0) is 21.7. The molecule has 7 heteroatoms. The Morgan fingerprint density at radius 2 is 1.50 bits per heavy atom. The van der Waals surface area contributed by atoms with Crippen molar-refractivity contribution in [2.24, 2.45) is 0 Å². The highest BCUT2D eigenvalue weighted by molar-refractivity contribution is 9.10. The summed E-state index contributed by atoms with van der Waals surface area (Å²) in [5.41, 5.74) is 0.675. The number of benzene rings is 2. The van der Waals surface area contributed by atoms with Crippen molar-refractivity contribution in [2.45, 2.75) is 19.8 Å². The highest BCUT2D eigenvalue weighted by Gasteiger charge is 2.42. The van der Waals surface area contributed by atoms with E-state index in [2.05, 4.69) is 15.9 Å². The maximum Gasteiger partial charge on any atom is 0.341 e. The molecule has 156 valence electrons. The van der Waals surface area contributed by atoms with Gasteiger partial charge in [0.1, 0.15) is 11.3 Å². The molecule has 0 saturated carbocycles. The van der Waals surface area contributed by atoms with Crippen LogP contribution < -0.4 is 0 Å². The molecule has 2 aromatic carbocycles. The van der Waals surface area contributed by atoms with Gasteiger partial charge in [0.2, 0.25) is 0 Å². The molecular formula is C23H20BrFO5. The summed E-state index contributed by atoms with van der Waals surface area (Å²) in [5, 5.41) is 0. The summed E-state index contributed by atoms with van der Waals surface area (Å²) in [5.74, 6) is -2.64. The molecular weight excluding hydrogens is 455 g/mol. The standard InChI is InChI=1S/C23H20BrFO5/c1-3-28-22(26)18-17(14-10-12-16(24)13-11-14)19(23(27)29-4-2)21(25)30-20(18)15-8-6-5-7-9-15/h5-13,17H,3-4H2,1-2H3. The Bertz CT molecular complexity index is 996. The first-order chi connectivity index (χ1) is 14.5. The van der Waals surface area contributed by atoms with E-state index in [1.54, 1.807) is 68.4 Å². The zero-order valence-electron chi connectivity index (χ0n) is 16.5. The van der Waals surface area contributed by atoms with Crippen LogP contribution >= 0.6 is 15.9 Å². The minimum absolute atomic E-state index is 0.00696. The van der Waals surface area contributed by atoms with Crippen LogP contribution in [0.2, 0.25) is 0 Å². The van der Waals surface area contributed by atoms with Gasteiger partial charge in [-0.3, -0.25) is 0 Å². The van der Waals surface area contributed by atoms with E-state index < -0.39 is 23.9 Å². The van der Waals surface area contributed by atoms with Crippen molar-refractivity contribution in [3.05, 3.63) is 87.4 Å². The molecule has 1 aliphatic rings. The molecule has 0 bridgehead atoms. The normalized spacial score (nSPS) is 16.2. The second-order valence-corrected chi connectivity index (χ2v) is 7.24. The van der Waals surface area contributed by atoms with E-state index in [1.807, 2.05) is 0 Å². The highest BCUT2D eigenvalue weighted by Crippen LogP contribution is 2.45. The Morgan fingerprint density at radius 3 is 2.07 bits per heavy atom. The fraction of sp³-hybridized carbons (Fsp3) is 0.217. The van der Waals surface area contributed by atoms with Gasteiger partial charge < -0.3 is 14.2 Å². The lowest BCUT2D eigenvalue weighted by molar-refractivity contribution is -0.140. The largest absolute Gasteiger partial charge is 0.463 e. The van der Waals surface area contributed by atoms with Crippen LogP contribution in [0.15, 0.2) is 76.2 Å². The van der Waals surface area contributed by atoms with Gasteiger partial charge in [0.25, 0.3) is 6.01 Å². The Kier molecular flexibility index (Phi) is 7.05. The summed E-state index contributed by atoms with van der Waals surface area (Å²) in [6.45, 7) is 3.44. The first-order valence-electron chi connectivity index (χ1n) is 9.44. The number of ether oxygens (including phenoxy) is 3. The molecule has 3 rings (SSSR count). The number of halogens is 2. The van der Waals surface area contributed by atoms with E-state index in [4.69, 9.17) is 14.2 Å². The van der Waals surface area contributed by atoms with Crippen molar-refractivity contribution in [2.75, 3.05) is 13.2 Å². The second-order valence-electron chi connectivity index (χ2n) is 6.32. The van der Waals surface area contributed by atoms with Crippen LogP contribution in [0.25, 0.3) is 5.76 Å². The molecule has 2 aromatic rings. The third-order valence-electron chi connectivity index (χ3n) is 4.46. The molecule has 5 nitrogen and oxygen atoms in total.